The van der Waals surface area contributed by atoms with Gasteiger partial charge in [-0.3, -0.25) is 0 Å². The van der Waals surface area contributed by atoms with Gasteiger partial charge in [-0.25, -0.2) is 0 Å². The molecule has 7 aromatic carbocycles. The summed E-state index contributed by atoms with van der Waals surface area (Å²) in [6.07, 6.45) is 0. The quantitative estimate of drug-likeness (QED) is 0.173. The average Bonchev–Trinajstić information content (AvgIpc) is 3.82. The molecule has 11 rings (SSSR count). The Balaban J connectivity index is 1.27. The van der Waals surface area contributed by atoms with Crippen LogP contribution >= 0.6 is 0 Å². The smallest absolute Gasteiger partial charge is 0.0616 e. The Kier molecular flexibility index (Phi) is 5.65. The number of hydrogen-bond donors (Lipinski definition) is 0. The van der Waals surface area contributed by atoms with Crippen molar-refractivity contribution in [3.05, 3.63) is 158 Å². The molecule has 0 aliphatic carbocycles. The minimum absolute atomic E-state index is 0.226. The van der Waals surface area contributed by atoms with Crippen molar-refractivity contribution in [2.75, 3.05) is 0 Å². The summed E-state index contributed by atoms with van der Waals surface area (Å²) >= 11 is 0.226. The molecular formula is C44H26N4Se. The van der Waals surface area contributed by atoms with Gasteiger partial charge in [0, 0.05) is 0 Å². The molecule has 0 aliphatic rings. The molecule has 0 fully saturated rings. The van der Waals surface area contributed by atoms with E-state index in [0.29, 0.717) is 5.95 Å². The van der Waals surface area contributed by atoms with Crippen LogP contribution in [0.3, 0.4) is 0 Å². The van der Waals surface area contributed by atoms with Crippen LogP contribution in [0.5, 0.6) is 0 Å². The molecule has 0 bridgehead atoms. The fourth-order valence-electron chi connectivity index (χ4n) is 7.88. The van der Waals surface area contributed by atoms with Gasteiger partial charge in [-0.1, -0.05) is 48.5 Å². The van der Waals surface area contributed by atoms with Crippen molar-refractivity contribution in [2.45, 2.75) is 0 Å². The standard InChI is InChI=1S/C44H26N4Se/c1-2-13-27(14-3-1)42-30-16-4-8-20-33(30)45-44(46-42)48-35-22-10-6-18-32(35)41-37(48)26-25-36-40(41)31-17-5-9-21-34(31)47(36)38-23-12-19-29-28-15-7-11-24-39(28)49-43(29)38/h1-26H. The zero-order chi connectivity index (χ0) is 32.1. The van der Waals surface area contributed by atoms with Crippen LogP contribution in [0.4, 0.5) is 0 Å². The van der Waals surface area contributed by atoms with Crippen LogP contribution in [-0.2, 0) is 0 Å². The second-order valence-corrected chi connectivity index (χ2v) is 14.8. The van der Waals surface area contributed by atoms with Crippen LogP contribution < -0.4 is 0 Å². The van der Waals surface area contributed by atoms with Gasteiger partial charge >= 0.3 is 240 Å². The van der Waals surface area contributed by atoms with Gasteiger partial charge in [0.2, 0.25) is 0 Å². The Labute approximate surface area is 286 Å². The molecule has 0 unspecified atom stereocenters. The Morgan fingerprint density at radius 1 is 0.408 bits per heavy atom. The van der Waals surface area contributed by atoms with Gasteiger partial charge in [-0.2, -0.15) is 0 Å². The summed E-state index contributed by atoms with van der Waals surface area (Å²) in [7, 11) is 0. The van der Waals surface area contributed by atoms with E-state index in [0.717, 1.165) is 33.2 Å². The number of aromatic nitrogens is 4. The predicted octanol–water partition coefficient (Wildman–Crippen LogP) is 10.9. The van der Waals surface area contributed by atoms with Gasteiger partial charge < -0.3 is 0 Å². The molecule has 49 heavy (non-hydrogen) atoms. The molecule has 5 heteroatoms. The van der Waals surface area contributed by atoms with Gasteiger partial charge in [-0.05, 0) is 0 Å². The first-order valence-corrected chi connectivity index (χ1v) is 18.2. The summed E-state index contributed by atoms with van der Waals surface area (Å²) in [5, 5.41) is 8.70. The third-order valence-corrected chi connectivity index (χ3v) is 12.5. The predicted molar refractivity (Wildman–Crippen MR) is 206 cm³/mol. The number of rotatable bonds is 3. The van der Waals surface area contributed by atoms with Gasteiger partial charge in [-0.15, -0.1) is 0 Å². The number of para-hydroxylation sites is 3. The normalized spacial score (nSPS) is 12.1. The zero-order valence-electron chi connectivity index (χ0n) is 26.2. The molecule has 0 N–H and O–H groups in total. The average molecular weight is 690 g/mol. The Morgan fingerprint density at radius 2 is 1.00 bits per heavy atom. The Bertz CT molecular complexity index is 3110. The van der Waals surface area contributed by atoms with Gasteiger partial charge in [0.05, 0.1) is 0 Å². The van der Waals surface area contributed by atoms with E-state index in [2.05, 4.69) is 161 Å². The fraction of sp³-hybridized carbons (Fsp3) is 0. The molecule has 0 spiro atoms. The molecule has 0 amide bonds. The third-order valence-electron chi connectivity index (χ3n) is 9.93. The summed E-state index contributed by atoms with van der Waals surface area (Å²) < 4.78 is 7.66. The SMILES string of the molecule is c1ccc(-c2nc(-n3c4ccccc4c4c5c6ccccc6n(-c6cccc7c6[se]c6ccccc67)c5ccc43)nc3ccccc23)cc1. The molecular weight excluding hydrogens is 663 g/mol. The second kappa shape index (κ2) is 10.2. The van der Waals surface area contributed by atoms with Crippen molar-refractivity contribution in [3.63, 3.8) is 0 Å². The molecule has 0 atom stereocenters. The molecule has 228 valence electrons. The van der Waals surface area contributed by atoms with Gasteiger partial charge in [0.1, 0.15) is 0 Å². The first kappa shape index (κ1) is 27.0. The van der Waals surface area contributed by atoms with E-state index in [1.807, 2.05) is 6.07 Å². The number of benzene rings is 7. The summed E-state index contributed by atoms with van der Waals surface area (Å²) in [5.74, 6) is 0.674. The zero-order valence-corrected chi connectivity index (χ0v) is 27.9. The first-order valence-electron chi connectivity index (χ1n) is 16.5. The number of nitrogens with zero attached hydrogens (tertiary/aromatic N) is 4. The van der Waals surface area contributed by atoms with E-state index >= 15 is 0 Å². The van der Waals surface area contributed by atoms with Crippen LogP contribution in [-0.4, -0.2) is 33.6 Å². The minimum atomic E-state index is 0.226. The summed E-state index contributed by atoms with van der Waals surface area (Å²) in [6, 6.07) is 56.6. The first-order chi connectivity index (χ1) is 24.3. The van der Waals surface area contributed by atoms with Crippen molar-refractivity contribution in [2.24, 2.45) is 0 Å². The monoisotopic (exact) mass is 690 g/mol. The topological polar surface area (TPSA) is 35.6 Å². The minimum Gasteiger partial charge on any atom is -0.0616 e. The van der Waals surface area contributed by atoms with Crippen LogP contribution in [0, 0.1) is 0 Å². The molecule has 0 radical (unpaired) electrons. The Hall–Kier alpha value is -6.00. The molecule has 4 heterocycles. The van der Waals surface area contributed by atoms with Crippen molar-refractivity contribution >= 4 is 88.3 Å². The van der Waals surface area contributed by atoms with E-state index in [1.54, 1.807) is 0 Å². The van der Waals surface area contributed by atoms with E-state index in [1.165, 1.54) is 57.6 Å². The molecule has 4 nitrogen and oxygen atoms in total. The summed E-state index contributed by atoms with van der Waals surface area (Å²) in [6.45, 7) is 0. The fourth-order valence-corrected chi connectivity index (χ4v) is 10.4. The number of hydrogen-bond acceptors (Lipinski definition) is 2. The maximum absolute atomic E-state index is 5.32. The van der Waals surface area contributed by atoms with Gasteiger partial charge in [0.25, 0.3) is 0 Å². The molecule has 0 aliphatic heterocycles. The van der Waals surface area contributed by atoms with Crippen LogP contribution in [0.25, 0.3) is 96.7 Å². The van der Waals surface area contributed by atoms with E-state index in [9.17, 15) is 0 Å². The van der Waals surface area contributed by atoms with Crippen molar-refractivity contribution in [1.82, 2.24) is 19.1 Å². The molecule has 0 saturated carbocycles. The van der Waals surface area contributed by atoms with Crippen molar-refractivity contribution in [1.29, 1.82) is 0 Å². The third kappa shape index (κ3) is 3.80. The van der Waals surface area contributed by atoms with E-state index in [-0.39, 0.29) is 14.5 Å². The molecule has 11 aromatic rings. The molecule has 0 saturated heterocycles. The van der Waals surface area contributed by atoms with E-state index in [4.69, 9.17) is 9.97 Å². The van der Waals surface area contributed by atoms with Crippen LogP contribution in [0.2, 0.25) is 0 Å². The maximum atomic E-state index is 5.32. The van der Waals surface area contributed by atoms with Crippen LogP contribution in [0.15, 0.2) is 158 Å². The van der Waals surface area contributed by atoms with Crippen LogP contribution in [0.1, 0.15) is 0 Å². The van der Waals surface area contributed by atoms with Crippen molar-refractivity contribution in [3.8, 4) is 22.9 Å². The molecule has 4 aromatic heterocycles. The van der Waals surface area contributed by atoms with Crippen molar-refractivity contribution < 1.29 is 0 Å². The Morgan fingerprint density at radius 3 is 1.78 bits per heavy atom. The summed E-state index contributed by atoms with van der Waals surface area (Å²) in [4.78, 5) is 10.5. The van der Waals surface area contributed by atoms with E-state index < -0.39 is 0 Å². The number of fused-ring (bicyclic) bond motifs is 11. The second-order valence-electron chi connectivity index (χ2n) is 12.6. The van der Waals surface area contributed by atoms with Gasteiger partial charge in [0.15, 0.2) is 0 Å². The summed E-state index contributed by atoms with van der Waals surface area (Å²) in [5.41, 5.74) is 8.83.